The van der Waals surface area contributed by atoms with Crippen LogP contribution in [0.1, 0.15) is 0 Å². The fourth-order valence-corrected chi connectivity index (χ4v) is 1.56. The van der Waals surface area contributed by atoms with E-state index in [4.69, 9.17) is 0 Å². The van der Waals surface area contributed by atoms with Crippen LogP contribution in [-0.4, -0.2) is 34.9 Å². The number of carboxylic acid groups (broad SMARTS) is 1. The van der Waals surface area contributed by atoms with Gasteiger partial charge in [-0.25, -0.2) is 0 Å². The molecule has 0 heterocycles. The molecule has 0 aromatic carbocycles. The van der Waals surface area contributed by atoms with Gasteiger partial charge in [0.15, 0.2) is 0 Å². The van der Waals surface area contributed by atoms with E-state index in [1.807, 2.05) is 0 Å². The summed E-state index contributed by atoms with van der Waals surface area (Å²) in [4.78, 5) is 9.54. The third-order valence-electron chi connectivity index (χ3n) is 2.29. The minimum Gasteiger partial charge on any atom is -0.544 e. The summed E-state index contributed by atoms with van der Waals surface area (Å²) in [6.45, 7) is 0. The molecule has 0 aliphatic rings. The Kier molecular flexibility index (Phi) is 4.07. The maximum atomic E-state index is 12.6. The van der Waals surface area contributed by atoms with Crippen LogP contribution in [0.3, 0.4) is 0 Å². The molecule has 0 aliphatic carbocycles. The van der Waals surface area contributed by atoms with Crippen LogP contribution in [0.5, 0.6) is 0 Å². The number of rotatable bonds is 6. The first-order valence-electron chi connectivity index (χ1n) is 4.52. The van der Waals surface area contributed by atoms with Crippen molar-refractivity contribution in [1.29, 1.82) is 0 Å². The second-order valence-corrected chi connectivity index (χ2v) is 6.52. The smallest absolute Gasteiger partial charge is 0.450 e. The zero-order chi connectivity index (χ0) is 20.5. The quantitative estimate of drug-likeness (QED) is 0.605. The molecule has 24 heavy (non-hydrogen) atoms. The van der Waals surface area contributed by atoms with Crippen molar-refractivity contribution >= 4 is 16.2 Å². The molecule has 0 N–H and O–H groups in total. The van der Waals surface area contributed by atoms with E-state index in [-0.39, 0.29) is 0 Å². The highest BCUT2D eigenvalue weighted by Gasteiger charge is 2.99. The first-order chi connectivity index (χ1) is 9.69. The Morgan fingerprint density at radius 2 is 0.917 bits per heavy atom. The highest BCUT2D eigenvalue weighted by molar-refractivity contribution is 8.46. The molecular formula is C6F15O2S-. The number of hydrogen-bond donors (Lipinski definition) is 0. The number of alkyl halides is 10. The predicted octanol–water partition coefficient (Wildman–Crippen LogP) is 4.17. The first kappa shape index (κ1) is 22.8. The van der Waals surface area contributed by atoms with Crippen molar-refractivity contribution in [1.82, 2.24) is 0 Å². The average molecular weight is 421 g/mol. The standard InChI is InChI=1S/C6HF15O2S/c7-2(8,1(22)23)3(9,10)4(11,12)5(13,14)6(15,16)24(17,18,19,20)21/h(H,22,23)/p-1. The molecule has 148 valence electrons. The van der Waals surface area contributed by atoms with Crippen molar-refractivity contribution in [3.8, 4) is 0 Å². The maximum absolute atomic E-state index is 13.0. The van der Waals surface area contributed by atoms with Gasteiger partial charge in [0.1, 0.15) is 5.97 Å². The van der Waals surface area contributed by atoms with Gasteiger partial charge in [0, 0.05) is 0 Å². The number of carboxylic acids is 1. The molecule has 0 rings (SSSR count). The summed E-state index contributed by atoms with van der Waals surface area (Å²) >= 11 is 0. The van der Waals surface area contributed by atoms with Crippen LogP contribution in [0.4, 0.5) is 63.3 Å². The Balaban J connectivity index is 6.67. The van der Waals surface area contributed by atoms with E-state index < -0.39 is 45.1 Å². The van der Waals surface area contributed by atoms with E-state index in [2.05, 4.69) is 0 Å². The van der Waals surface area contributed by atoms with Gasteiger partial charge in [0.25, 0.3) is 0 Å². The lowest BCUT2D eigenvalue weighted by Gasteiger charge is -2.50. The van der Waals surface area contributed by atoms with Gasteiger partial charge in [0.05, 0.1) is 0 Å². The number of carbonyl (C=O) groups excluding carboxylic acids is 1. The Bertz CT molecular complexity index is 544. The molecule has 0 aliphatic heterocycles. The Morgan fingerprint density at radius 3 is 1.12 bits per heavy atom. The van der Waals surface area contributed by atoms with E-state index in [9.17, 15) is 73.2 Å². The van der Waals surface area contributed by atoms with Gasteiger partial charge in [-0.05, 0) is 0 Å². The van der Waals surface area contributed by atoms with Crippen molar-refractivity contribution in [3.63, 3.8) is 0 Å². The van der Waals surface area contributed by atoms with Gasteiger partial charge in [-0.15, -0.1) is 0 Å². The SMILES string of the molecule is O=C([O-])C(F)(F)C(F)(F)C(F)(F)C(F)(F)C(F)(F)S(F)(F)(F)(F)F. The number of halogens is 15. The first-order valence-corrected chi connectivity index (χ1v) is 6.47. The van der Waals surface area contributed by atoms with Gasteiger partial charge in [-0.2, -0.15) is 43.9 Å². The van der Waals surface area contributed by atoms with Crippen LogP contribution >= 0.6 is 10.2 Å². The maximum Gasteiger partial charge on any atom is 0.450 e. The highest BCUT2D eigenvalue weighted by atomic mass is 32.5. The minimum atomic E-state index is -13.0. The van der Waals surface area contributed by atoms with Crippen molar-refractivity contribution in [2.24, 2.45) is 0 Å². The molecule has 0 atom stereocenters. The zero-order valence-electron chi connectivity index (χ0n) is 9.89. The molecule has 0 bridgehead atoms. The molecule has 0 fully saturated rings. The fourth-order valence-electron chi connectivity index (χ4n) is 0.948. The van der Waals surface area contributed by atoms with Gasteiger partial charge in [-0.1, -0.05) is 19.4 Å². The Hall–Kier alpha value is -1.23. The molecule has 0 unspecified atom stereocenters. The predicted molar refractivity (Wildman–Crippen MR) is 42.9 cm³/mol. The van der Waals surface area contributed by atoms with Crippen molar-refractivity contribution in [2.75, 3.05) is 0 Å². The van der Waals surface area contributed by atoms with E-state index in [0.717, 1.165) is 0 Å². The number of carbonyl (C=O) groups is 1. The van der Waals surface area contributed by atoms with Gasteiger partial charge in [-0.3, -0.25) is 0 Å². The fraction of sp³-hybridized carbons (Fsp3) is 0.833. The Morgan fingerprint density at radius 1 is 0.625 bits per heavy atom. The summed E-state index contributed by atoms with van der Waals surface area (Å²) < 4.78 is 183. The molecular weight excluding hydrogens is 421 g/mol. The molecule has 0 spiro atoms. The summed E-state index contributed by atoms with van der Waals surface area (Å²) in [6.07, 6.45) is 0. The van der Waals surface area contributed by atoms with E-state index >= 15 is 0 Å². The largest absolute Gasteiger partial charge is 0.544 e. The molecule has 0 aromatic heterocycles. The van der Waals surface area contributed by atoms with E-state index in [1.54, 1.807) is 0 Å². The lowest BCUT2D eigenvalue weighted by Crippen LogP contribution is -2.71. The summed E-state index contributed by atoms with van der Waals surface area (Å²) in [5.74, 6) is -37.7. The van der Waals surface area contributed by atoms with Crippen LogP contribution in [-0.2, 0) is 4.79 Å². The van der Waals surface area contributed by atoms with Gasteiger partial charge >= 0.3 is 39.2 Å². The number of hydrogen-bond acceptors (Lipinski definition) is 2. The van der Waals surface area contributed by atoms with E-state index in [0.29, 0.717) is 0 Å². The third-order valence-corrected chi connectivity index (χ3v) is 3.51. The molecule has 0 amide bonds. The normalized spacial score (nSPS) is 18.8. The molecule has 2 nitrogen and oxygen atoms in total. The van der Waals surface area contributed by atoms with Crippen molar-refractivity contribution in [2.45, 2.75) is 28.9 Å². The zero-order valence-corrected chi connectivity index (χ0v) is 10.7. The Labute approximate surface area is 119 Å². The van der Waals surface area contributed by atoms with Crippen LogP contribution in [0.25, 0.3) is 0 Å². The summed E-state index contributed by atoms with van der Waals surface area (Å²) in [5.41, 5.74) is 0. The lowest BCUT2D eigenvalue weighted by molar-refractivity contribution is -0.407. The lowest BCUT2D eigenvalue weighted by atomic mass is 9.98. The monoisotopic (exact) mass is 421 g/mol. The summed E-state index contributed by atoms with van der Waals surface area (Å²) in [6, 6.07) is 0. The second-order valence-electron chi connectivity index (χ2n) is 4.07. The summed E-state index contributed by atoms with van der Waals surface area (Å²) in [7, 11) is -13.0. The minimum absolute atomic E-state index is 4.58. The van der Waals surface area contributed by atoms with Gasteiger partial charge < -0.3 is 9.90 Å². The molecule has 0 aromatic rings. The van der Waals surface area contributed by atoms with E-state index in [1.165, 1.54) is 0 Å². The third kappa shape index (κ3) is 2.61. The van der Waals surface area contributed by atoms with Gasteiger partial charge in [0.2, 0.25) is 0 Å². The second kappa shape index (κ2) is 4.29. The number of aliphatic carboxylic acids is 1. The van der Waals surface area contributed by atoms with Crippen LogP contribution in [0.15, 0.2) is 0 Å². The van der Waals surface area contributed by atoms with Crippen molar-refractivity contribution < 1.29 is 73.2 Å². The molecule has 0 radical (unpaired) electrons. The van der Waals surface area contributed by atoms with Crippen LogP contribution < -0.4 is 5.11 Å². The van der Waals surface area contributed by atoms with Crippen LogP contribution in [0, 0.1) is 0 Å². The van der Waals surface area contributed by atoms with Crippen molar-refractivity contribution in [3.05, 3.63) is 0 Å². The average Bonchev–Trinajstić information content (AvgIpc) is 2.23. The molecule has 0 saturated carbocycles. The highest BCUT2D eigenvalue weighted by Crippen LogP contribution is 3.06. The topological polar surface area (TPSA) is 40.1 Å². The molecule has 0 saturated heterocycles. The molecule has 18 heteroatoms. The summed E-state index contributed by atoms with van der Waals surface area (Å²) in [5, 5.41) is 0.324. The van der Waals surface area contributed by atoms with Crippen LogP contribution in [0.2, 0.25) is 0 Å².